The molecule has 2 saturated heterocycles. The molecule has 2 aliphatic rings. The van der Waals surface area contributed by atoms with Crippen LogP contribution in [0, 0.1) is 0 Å². The molecule has 0 aliphatic carbocycles. The molecule has 2 fully saturated rings. The monoisotopic (exact) mass is 529 g/mol. The van der Waals surface area contributed by atoms with Gasteiger partial charge in [-0.15, -0.1) is 0 Å². The first-order chi connectivity index (χ1) is 18.9. The zero-order valence-corrected chi connectivity index (χ0v) is 22.1. The maximum atomic E-state index is 13.6. The lowest BCUT2D eigenvalue weighted by molar-refractivity contribution is -0.135. The first-order valence-corrected chi connectivity index (χ1v) is 13.6. The maximum absolute atomic E-state index is 13.6. The van der Waals surface area contributed by atoms with Crippen molar-refractivity contribution < 1.29 is 19.4 Å². The number of hydrogen-bond acceptors (Lipinski definition) is 5. The summed E-state index contributed by atoms with van der Waals surface area (Å²) in [5.41, 5.74) is 1.51. The van der Waals surface area contributed by atoms with Crippen LogP contribution >= 0.6 is 0 Å². The Hall–Kier alpha value is -3.75. The summed E-state index contributed by atoms with van der Waals surface area (Å²) in [4.78, 5) is 43.1. The number of ether oxygens (including phenoxy) is 1. The first kappa shape index (κ1) is 26.8. The highest BCUT2D eigenvalue weighted by Crippen LogP contribution is 2.27. The number of amides is 2. The molecule has 8 heteroatoms. The second-order valence-corrected chi connectivity index (χ2v) is 10.4. The number of morpholine rings is 1. The van der Waals surface area contributed by atoms with E-state index in [9.17, 15) is 19.5 Å². The molecule has 3 aromatic rings. The number of aromatic nitrogens is 1. The Morgan fingerprint density at radius 3 is 2.18 bits per heavy atom. The average molecular weight is 530 g/mol. The van der Waals surface area contributed by atoms with Crippen LogP contribution in [0.25, 0.3) is 11.1 Å². The van der Waals surface area contributed by atoms with Gasteiger partial charge in [-0.3, -0.25) is 14.4 Å². The highest BCUT2D eigenvalue weighted by molar-refractivity contribution is 6.00. The van der Waals surface area contributed by atoms with Gasteiger partial charge in [0.1, 0.15) is 0 Å². The molecule has 1 aromatic heterocycles. The van der Waals surface area contributed by atoms with Crippen LogP contribution in [-0.4, -0.2) is 76.3 Å². The molecule has 0 unspecified atom stereocenters. The van der Waals surface area contributed by atoms with E-state index in [1.54, 1.807) is 16.0 Å². The van der Waals surface area contributed by atoms with E-state index in [0.29, 0.717) is 76.2 Å². The van der Waals surface area contributed by atoms with Crippen molar-refractivity contribution in [3.8, 4) is 11.1 Å². The molecule has 0 radical (unpaired) electrons. The second-order valence-electron chi connectivity index (χ2n) is 10.4. The molecule has 0 spiro atoms. The number of carbonyl (C=O) groups excluding carboxylic acids is 2. The quantitative estimate of drug-likeness (QED) is 0.508. The van der Waals surface area contributed by atoms with Crippen molar-refractivity contribution in [2.45, 2.75) is 37.8 Å². The molecule has 3 heterocycles. The van der Waals surface area contributed by atoms with Crippen LogP contribution < -0.4 is 5.56 Å². The van der Waals surface area contributed by atoms with Gasteiger partial charge in [0.2, 0.25) is 5.91 Å². The highest BCUT2D eigenvalue weighted by Gasteiger charge is 2.35. The van der Waals surface area contributed by atoms with Crippen molar-refractivity contribution >= 4 is 11.8 Å². The van der Waals surface area contributed by atoms with Crippen molar-refractivity contribution in [1.82, 2.24) is 14.4 Å². The van der Waals surface area contributed by atoms with E-state index in [1.165, 1.54) is 10.6 Å². The van der Waals surface area contributed by atoms with E-state index < -0.39 is 5.60 Å². The fraction of sp³-hybridized carbons (Fsp3) is 0.387. The molecule has 2 amide bonds. The molecular formula is C31H35N3O5. The number of hydrogen-bond donors (Lipinski definition) is 1. The van der Waals surface area contributed by atoms with Gasteiger partial charge in [0.15, 0.2) is 0 Å². The van der Waals surface area contributed by atoms with Crippen LogP contribution in [0.4, 0.5) is 0 Å². The SMILES string of the molecule is O=C(CCc1ccccc1)N1CCC(O)(Cn2cc(C(=O)N3CCOCC3)c(-c3ccccc3)cc2=O)CC1. The summed E-state index contributed by atoms with van der Waals surface area (Å²) >= 11 is 0. The van der Waals surface area contributed by atoms with E-state index in [2.05, 4.69) is 0 Å². The molecule has 0 atom stereocenters. The van der Waals surface area contributed by atoms with Crippen LogP contribution in [0.15, 0.2) is 77.7 Å². The molecule has 8 nitrogen and oxygen atoms in total. The predicted molar refractivity (Wildman–Crippen MR) is 148 cm³/mol. The summed E-state index contributed by atoms with van der Waals surface area (Å²) in [6, 6.07) is 20.8. The Kier molecular flexibility index (Phi) is 8.24. The number of benzene rings is 2. The largest absolute Gasteiger partial charge is 0.388 e. The number of aliphatic hydroxyl groups is 1. The zero-order valence-electron chi connectivity index (χ0n) is 22.1. The summed E-state index contributed by atoms with van der Waals surface area (Å²) in [5, 5.41) is 11.4. The Balaban J connectivity index is 1.31. The number of pyridine rings is 1. The van der Waals surface area contributed by atoms with E-state index >= 15 is 0 Å². The third-order valence-corrected chi connectivity index (χ3v) is 7.72. The summed E-state index contributed by atoms with van der Waals surface area (Å²) in [5.74, 6) is -0.0830. The first-order valence-electron chi connectivity index (χ1n) is 13.6. The van der Waals surface area contributed by atoms with Crippen molar-refractivity contribution in [1.29, 1.82) is 0 Å². The van der Waals surface area contributed by atoms with E-state index in [1.807, 2.05) is 60.7 Å². The minimum atomic E-state index is -1.15. The Bertz CT molecular complexity index is 1340. The molecule has 204 valence electrons. The van der Waals surface area contributed by atoms with Crippen LogP contribution in [0.2, 0.25) is 0 Å². The fourth-order valence-corrected chi connectivity index (χ4v) is 5.36. The van der Waals surface area contributed by atoms with Crippen LogP contribution in [-0.2, 0) is 22.5 Å². The van der Waals surface area contributed by atoms with Gasteiger partial charge in [-0.2, -0.15) is 0 Å². The summed E-state index contributed by atoms with van der Waals surface area (Å²) in [6.07, 6.45) is 3.44. The van der Waals surface area contributed by atoms with E-state index in [0.717, 1.165) is 11.1 Å². The van der Waals surface area contributed by atoms with Crippen LogP contribution in [0.1, 0.15) is 35.2 Å². The topological polar surface area (TPSA) is 92.1 Å². The Morgan fingerprint density at radius 1 is 0.872 bits per heavy atom. The van der Waals surface area contributed by atoms with Gasteiger partial charge in [-0.05, 0) is 30.4 Å². The number of nitrogens with zero attached hydrogens (tertiary/aromatic N) is 3. The lowest BCUT2D eigenvalue weighted by atomic mass is 9.90. The lowest BCUT2D eigenvalue weighted by Gasteiger charge is -2.38. The molecule has 0 saturated carbocycles. The standard InChI is InChI=1S/C31H35N3O5/c35-28(12-11-24-7-3-1-4-8-24)32-15-13-31(38,14-16-32)23-34-22-27(30(37)33-17-19-39-20-18-33)26(21-29(34)36)25-9-5-2-6-10-25/h1-10,21-22,38H,11-20,23H2. The van der Waals surface area contributed by atoms with E-state index in [-0.39, 0.29) is 23.9 Å². The molecule has 39 heavy (non-hydrogen) atoms. The third-order valence-electron chi connectivity index (χ3n) is 7.72. The highest BCUT2D eigenvalue weighted by atomic mass is 16.5. The van der Waals surface area contributed by atoms with Crippen molar-refractivity contribution in [2.75, 3.05) is 39.4 Å². The third kappa shape index (κ3) is 6.46. The molecule has 0 bridgehead atoms. The molecule has 2 aromatic carbocycles. The Morgan fingerprint density at radius 2 is 1.51 bits per heavy atom. The van der Waals surface area contributed by atoms with Gasteiger partial charge in [0, 0.05) is 50.4 Å². The normalized spacial score (nSPS) is 17.2. The van der Waals surface area contributed by atoms with Crippen LogP contribution in [0.3, 0.4) is 0 Å². The molecule has 5 rings (SSSR count). The number of carbonyl (C=O) groups is 2. The maximum Gasteiger partial charge on any atom is 0.256 e. The van der Waals surface area contributed by atoms with Crippen LogP contribution in [0.5, 0.6) is 0 Å². The molecule has 1 N–H and O–H groups in total. The second kappa shape index (κ2) is 12.0. The number of aryl methyl sites for hydroxylation is 1. The van der Waals surface area contributed by atoms with Crippen molar-refractivity contribution in [3.05, 3.63) is 94.4 Å². The lowest BCUT2D eigenvalue weighted by Crippen LogP contribution is -2.49. The Labute approximate surface area is 228 Å². The van der Waals surface area contributed by atoms with Gasteiger partial charge < -0.3 is 24.2 Å². The van der Waals surface area contributed by atoms with Crippen molar-refractivity contribution in [2.24, 2.45) is 0 Å². The summed E-state index contributed by atoms with van der Waals surface area (Å²) < 4.78 is 6.86. The van der Waals surface area contributed by atoms with Gasteiger partial charge in [0.25, 0.3) is 11.5 Å². The zero-order chi connectivity index (χ0) is 27.2. The average Bonchev–Trinajstić information content (AvgIpc) is 2.98. The smallest absolute Gasteiger partial charge is 0.256 e. The van der Waals surface area contributed by atoms with Gasteiger partial charge in [-0.25, -0.2) is 0 Å². The summed E-state index contributed by atoms with van der Waals surface area (Å²) in [7, 11) is 0. The number of likely N-dealkylation sites (tertiary alicyclic amines) is 1. The molecule has 2 aliphatic heterocycles. The predicted octanol–water partition coefficient (Wildman–Crippen LogP) is 2.97. The van der Waals surface area contributed by atoms with Gasteiger partial charge in [-0.1, -0.05) is 60.7 Å². The minimum Gasteiger partial charge on any atom is -0.388 e. The van der Waals surface area contributed by atoms with Gasteiger partial charge in [0.05, 0.1) is 30.9 Å². The van der Waals surface area contributed by atoms with Crippen molar-refractivity contribution in [3.63, 3.8) is 0 Å². The van der Waals surface area contributed by atoms with Gasteiger partial charge >= 0.3 is 0 Å². The molecular weight excluding hydrogens is 494 g/mol. The van der Waals surface area contributed by atoms with E-state index in [4.69, 9.17) is 4.74 Å². The number of piperidine rings is 1. The minimum absolute atomic E-state index is 0.0658. The number of rotatable bonds is 7. The fourth-order valence-electron chi connectivity index (χ4n) is 5.36. The summed E-state index contributed by atoms with van der Waals surface area (Å²) in [6.45, 7) is 2.87.